The Hall–Kier alpha value is -2.64. The summed E-state index contributed by atoms with van der Waals surface area (Å²) in [4.78, 5) is 13.0. The Morgan fingerprint density at radius 1 is 1.19 bits per heavy atom. The smallest absolute Gasteiger partial charge is 0.264 e. The van der Waals surface area contributed by atoms with Gasteiger partial charge in [0.25, 0.3) is 15.9 Å². The molecule has 0 spiro atoms. The molecule has 0 aliphatic carbocycles. The molecule has 5 nitrogen and oxygen atoms in total. The maximum absolute atomic E-state index is 13.0. The van der Waals surface area contributed by atoms with Crippen LogP contribution in [-0.2, 0) is 10.0 Å². The third-order valence-corrected chi connectivity index (χ3v) is 7.07. The van der Waals surface area contributed by atoms with Crippen LogP contribution in [0.25, 0.3) is 10.1 Å². The molecule has 0 aliphatic rings. The Bertz CT molecular complexity index is 1070. The first-order chi connectivity index (χ1) is 13.0. The van der Waals surface area contributed by atoms with E-state index in [0.29, 0.717) is 23.7 Å². The molecule has 0 aliphatic heterocycles. The van der Waals surface area contributed by atoms with Crippen molar-refractivity contribution in [3.8, 4) is 0 Å². The summed E-state index contributed by atoms with van der Waals surface area (Å²) in [5.41, 5.74) is 0.574. The van der Waals surface area contributed by atoms with Crippen LogP contribution in [0.4, 0.5) is 5.69 Å². The van der Waals surface area contributed by atoms with Gasteiger partial charge in [0.05, 0.1) is 15.5 Å². The minimum absolute atomic E-state index is 0.165. The summed E-state index contributed by atoms with van der Waals surface area (Å²) >= 11 is 1.37. The van der Waals surface area contributed by atoms with E-state index in [1.54, 1.807) is 61.5 Å². The molecule has 0 saturated carbocycles. The van der Waals surface area contributed by atoms with Crippen molar-refractivity contribution in [1.82, 2.24) is 5.32 Å². The zero-order valence-electron chi connectivity index (χ0n) is 14.9. The highest BCUT2D eigenvalue weighted by molar-refractivity contribution is 7.92. The van der Waals surface area contributed by atoms with Crippen LogP contribution < -0.4 is 9.62 Å². The molecule has 0 unspecified atom stereocenters. The van der Waals surface area contributed by atoms with Gasteiger partial charge in [0, 0.05) is 17.8 Å². The molecule has 3 aromatic rings. The van der Waals surface area contributed by atoms with Crippen molar-refractivity contribution in [3.05, 3.63) is 72.1 Å². The van der Waals surface area contributed by atoms with Gasteiger partial charge in [-0.2, -0.15) is 0 Å². The molecule has 0 atom stereocenters. The molecule has 7 heteroatoms. The maximum Gasteiger partial charge on any atom is 0.264 e. The van der Waals surface area contributed by atoms with Crippen molar-refractivity contribution in [2.75, 3.05) is 17.4 Å². The summed E-state index contributed by atoms with van der Waals surface area (Å²) in [6.07, 6.45) is 1.62. The van der Waals surface area contributed by atoms with Gasteiger partial charge >= 0.3 is 0 Å². The van der Waals surface area contributed by atoms with Crippen LogP contribution in [0.3, 0.4) is 0 Å². The average Bonchev–Trinajstić information content (AvgIpc) is 3.11. The van der Waals surface area contributed by atoms with Crippen molar-refractivity contribution in [2.24, 2.45) is 0 Å². The molecule has 0 bridgehead atoms. The van der Waals surface area contributed by atoms with Crippen molar-refractivity contribution < 1.29 is 13.2 Å². The number of sulfonamides is 1. The Balaban J connectivity index is 1.98. The molecule has 1 aromatic heterocycles. The standard InChI is InChI=1S/C20H20N2O3S2/c1-3-12-21-20(23)19-14-15-13-16(10-11-18(15)26-19)22(4-2)27(24,25)17-8-6-5-7-9-17/h3,5-11,13-14H,1,4,12H2,2H3,(H,21,23). The van der Waals surface area contributed by atoms with Crippen LogP contribution in [-0.4, -0.2) is 27.4 Å². The molecule has 140 valence electrons. The summed E-state index contributed by atoms with van der Waals surface area (Å²) in [5.74, 6) is -0.165. The largest absolute Gasteiger partial charge is 0.348 e. The zero-order valence-corrected chi connectivity index (χ0v) is 16.5. The number of amides is 1. The van der Waals surface area contributed by atoms with Gasteiger partial charge in [-0.1, -0.05) is 24.3 Å². The summed E-state index contributed by atoms with van der Waals surface area (Å²) < 4.78 is 28.3. The van der Waals surface area contributed by atoms with Crippen LogP contribution in [0.1, 0.15) is 16.6 Å². The van der Waals surface area contributed by atoms with Crippen LogP contribution in [0, 0.1) is 0 Å². The number of fused-ring (bicyclic) bond motifs is 1. The van der Waals surface area contributed by atoms with E-state index >= 15 is 0 Å². The van der Waals surface area contributed by atoms with Gasteiger partial charge in [-0.15, -0.1) is 17.9 Å². The lowest BCUT2D eigenvalue weighted by Gasteiger charge is -2.23. The third-order valence-electron chi connectivity index (χ3n) is 4.04. The van der Waals surface area contributed by atoms with E-state index in [-0.39, 0.29) is 10.8 Å². The predicted molar refractivity (Wildman–Crippen MR) is 111 cm³/mol. The Kier molecular flexibility index (Phi) is 5.62. The van der Waals surface area contributed by atoms with Gasteiger partial charge in [0.15, 0.2) is 0 Å². The summed E-state index contributed by atoms with van der Waals surface area (Å²) in [7, 11) is -3.65. The van der Waals surface area contributed by atoms with Gasteiger partial charge in [-0.05, 0) is 48.7 Å². The number of benzene rings is 2. The highest BCUT2D eigenvalue weighted by atomic mass is 32.2. The molecular weight excluding hydrogens is 380 g/mol. The van der Waals surface area contributed by atoms with E-state index in [0.717, 1.165) is 10.1 Å². The molecule has 1 heterocycles. The Morgan fingerprint density at radius 3 is 2.59 bits per heavy atom. The van der Waals surface area contributed by atoms with E-state index in [4.69, 9.17) is 0 Å². The molecule has 2 aromatic carbocycles. The number of carbonyl (C=O) groups excluding carboxylic acids is 1. The molecule has 3 rings (SSSR count). The minimum Gasteiger partial charge on any atom is -0.348 e. The number of carbonyl (C=O) groups is 1. The highest BCUT2D eigenvalue weighted by Gasteiger charge is 2.23. The van der Waals surface area contributed by atoms with Gasteiger partial charge in [0.2, 0.25) is 0 Å². The van der Waals surface area contributed by atoms with Gasteiger partial charge in [-0.3, -0.25) is 9.10 Å². The van der Waals surface area contributed by atoms with Crippen molar-refractivity contribution in [1.29, 1.82) is 0 Å². The van der Waals surface area contributed by atoms with E-state index in [1.165, 1.54) is 15.6 Å². The summed E-state index contributed by atoms with van der Waals surface area (Å²) in [5, 5.41) is 3.59. The first-order valence-corrected chi connectivity index (χ1v) is 10.7. The molecule has 0 radical (unpaired) electrons. The second kappa shape index (κ2) is 7.94. The second-order valence-corrected chi connectivity index (χ2v) is 8.76. The molecule has 1 N–H and O–H groups in total. The Labute approximate surface area is 163 Å². The van der Waals surface area contributed by atoms with Crippen molar-refractivity contribution >= 4 is 43.0 Å². The van der Waals surface area contributed by atoms with Crippen LogP contribution in [0.15, 0.2) is 72.1 Å². The molecular formula is C20H20N2O3S2. The number of hydrogen-bond donors (Lipinski definition) is 1. The quantitative estimate of drug-likeness (QED) is 0.609. The third kappa shape index (κ3) is 3.89. The SMILES string of the molecule is C=CCNC(=O)c1cc2cc(N(CC)S(=O)(=O)c3ccccc3)ccc2s1. The molecule has 0 fully saturated rings. The monoisotopic (exact) mass is 400 g/mol. The minimum atomic E-state index is -3.65. The van der Waals surface area contributed by atoms with Crippen LogP contribution in [0.2, 0.25) is 0 Å². The molecule has 27 heavy (non-hydrogen) atoms. The normalized spacial score (nSPS) is 11.3. The van der Waals surface area contributed by atoms with Crippen LogP contribution >= 0.6 is 11.3 Å². The van der Waals surface area contributed by atoms with Crippen molar-refractivity contribution in [3.63, 3.8) is 0 Å². The predicted octanol–water partition coefficient (Wildman–Crippen LogP) is 4.03. The lowest BCUT2D eigenvalue weighted by molar-refractivity contribution is 0.0962. The number of nitrogens with zero attached hydrogens (tertiary/aromatic N) is 1. The number of thiophene rings is 1. The van der Waals surface area contributed by atoms with Gasteiger partial charge < -0.3 is 5.32 Å². The lowest BCUT2D eigenvalue weighted by atomic mass is 10.2. The fourth-order valence-corrected chi connectivity index (χ4v) is 5.21. The van der Waals surface area contributed by atoms with Gasteiger partial charge in [0.1, 0.15) is 0 Å². The maximum atomic E-state index is 13.0. The van der Waals surface area contributed by atoms with E-state index < -0.39 is 10.0 Å². The fourth-order valence-electron chi connectivity index (χ4n) is 2.76. The van der Waals surface area contributed by atoms with Crippen molar-refractivity contribution in [2.45, 2.75) is 11.8 Å². The lowest BCUT2D eigenvalue weighted by Crippen LogP contribution is -2.30. The first-order valence-electron chi connectivity index (χ1n) is 8.48. The topological polar surface area (TPSA) is 66.5 Å². The molecule has 1 amide bonds. The number of rotatable bonds is 7. The summed E-state index contributed by atoms with van der Waals surface area (Å²) in [6, 6.07) is 15.6. The number of nitrogens with one attached hydrogen (secondary N) is 1. The number of anilines is 1. The Morgan fingerprint density at radius 2 is 1.93 bits per heavy atom. The fraction of sp³-hybridized carbons (Fsp3) is 0.150. The zero-order chi connectivity index (χ0) is 19.4. The van der Waals surface area contributed by atoms with E-state index in [9.17, 15) is 13.2 Å². The van der Waals surface area contributed by atoms with Crippen LogP contribution in [0.5, 0.6) is 0 Å². The van der Waals surface area contributed by atoms with Gasteiger partial charge in [-0.25, -0.2) is 8.42 Å². The first kappa shape index (κ1) is 19.1. The van der Waals surface area contributed by atoms with E-state index in [1.807, 2.05) is 6.07 Å². The second-order valence-electron chi connectivity index (χ2n) is 5.81. The molecule has 0 saturated heterocycles. The average molecular weight is 401 g/mol. The number of hydrogen-bond acceptors (Lipinski definition) is 4. The van der Waals surface area contributed by atoms with E-state index in [2.05, 4.69) is 11.9 Å². The summed E-state index contributed by atoms with van der Waals surface area (Å²) in [6.45, 7) is 6.09. The highest BCUT2D eigenvalue weighted by Crippen LogP contribution is 2.31.